The lowest BCUT2D eigenvalue weighted by Crippen LogP contribution is -2.13. The van der Waals surface area contributed by atoms with Gasteiger partial charge in [0.15, 0.2) is 11.5 Å². The summed E-state index contributed by atoms with van der Waals surface area (Å²) in [5.74, 6) is 2.27. The first-order valence-electron chi connectivity index (χ1n) is 8.01. The number of aryl methyl sites for hydroxylation is 1. The fourth-order valence-electron chi connectivity index (χ4n) is 2.52. The smallest absolute Gasteiger partial charge is 0.247 e. The third kappa shape index (κ3) is 3.97. The Balaban J connectivity index is 1.65. The Kier molecular flexibility index (Phi) is 5.30. The third-order valence-corrected chi connectivity index (χ3v) is 3.95. The van der Waals surface area contributed by atoms with Gasteiger partial charge in [-0.15, -0.1) is 10.2 Å². The van der Waals surface area contributed by atoms with Gasteiger partial charge >= 0.3 is 0 Å². The quantitative estimate of drug-likeness (QED) is 0.712. The topological polar surface area (TPSA) is 69.4 Å². The van der Waals surface area contributed by atoms with Crippen LogP contribution in [0.2, 0.25) is 0 Å². The zero-order valence-electron chi connectivity index (χ0n) is 14.6. The zero-order valence-corrected chi connectivity index (χ0v) is 14.6. The van der Waals surface area contributed by atoms with E-state index in [4.69, 9.17) is 13.9 Å². The van der Waals surface area contributed by atoms with Crippen LogP contribution in [0.25, 0.3) is 11.5 Å². The molecule has 0 bridgehead atoms. The van der Waals surface area contributed by atoms with Crippen molar-refractivity contribution >= 4 is 0 Å². The molecule has 0 aliphatic carbocycles. The molecule has 0 spiro atoms. The van der Waals surface area contributed by atoms with Crippen molar-refractivity contribution in [3.05, 3.63) is 59.5 Å². The maximum Gasteiger partial charge on any atom is 0.247 e. The van der Waals surface area contributed by atoms with Gasteiger partial charge in [0.1, 0.15) is 0 Å². The van der Waals surface area contributed by atoms with Gasteiger partial charge in [-0.05, 0) is 36.2 Å². The molecule has 0 unspecified atom stereocenters. The van der Waals surface area contributed by atoms with Gasteiger partial charge < -0.3 is 19.2 Å². The summed E-state index contributed by atoms with van der Waals surface area (Å²) in [7, 11) is 3.19. The molecule has 1 heterocycles. The molecular weight excluding hydrogens is 318 g/mol. The second kappa shape index (κ2) is 7.81. The Morgan fingerprint density at radius 3 is 2.52 bits per heavy atom. The zero-order chi connectivity index (χ0) is 17.6. The molecule has 6 heteroatoms. The lowest BCUT2D eigenvalue weighted by Gasteiger charge is -2.07. The number of hydrogen-bond acceptors (Lipinski definition) is 6. The highest BCUT2D eigenvalue weighted by Crippen LogP contribution is 2.31. The van der Waals surface area contributed by atoms with Gasteiger partial charge in [0.05, 0.1) is 20.8 Å². The van der Waals surface area contributed by atoms with E-state index in [0.717, 1.165) is 12.1 Å². The highest BCUT2D eigenvalue weighted by Gasteiger charge is 2.12. The minimum atomic E-state index is 0.452. The van der Waals surface area contributed by atoms with Crippen molar-refractivity contribution in [1.29, 1.82) is 0 Å². The molecule has 1 N–H and O–H groups in total. The van der Waals surface area contributed by atoms with Gasteiger partial charge in [0.2, 0.25) is 11.8 Å². The number of ether oxygens (including phenoxy) is 2. The minimum absolute atomic E-state index is 0.452. The van der Waals surface area contributed by atoms with Crippen LogP contribution in [-0.2, 0) is 13.1 Å². The van der Waals surface area contributed by atoms with E-state index in [9.17, 15) is 0 Å². The molecular formula is C19H21N3O3. The predicted octanol–water partition coefficient (Wildman–Crippen LogP) is 3.35. The lowest BCUT2D eigenvalue weighted by atomic mass is 10.1. The molecule has 25 heavy (non-hydrogen) atoms. The Hall–Kier alpha value is -2.86. The highest BCUT2D eigenvalue weighted by molar-refractivity contribution is 5.59. The molecule has 0 aliphatic heterocycles. The third-order valence-electron chi connectivity index (χ3n) is 3.95. The van der Waals surface area contributed by atoms with E-state index >= 15 is 0 Å². The van der Waals surface area contributed by atoms with E-state index in [1.807, 2.05) is 30.3 Å². The standard InChI is InChI=1S/C19H21N3O3/c1-13-6-4-5-7-15(13)11-20-12-18-21-22-19(25-18)14-8-9-16(23-2)17(10-14)24-3/h4-10,20H,11-12H2,1-3H3. The SMILES string of the molecule is COc1ccc(-c2nnc(CNCc3ccccc3C)o2)cc1OC. The monoisotopic (exact) mass is 339 g/mol. The number of benzene rings is 2. The lowest BCUT2D eigenvalue weighted by molar-refractivity contribution is 0.355. The second-order valence-corrected chi connectivity index (χ2v) is 5.60. The van der Waals surface area contributed by atoms with Crippen molar-refractivity contribution in [2.45, 2.75) is 20.0 Å². The largest absolute Gasteiger partial charge is 0.493 e. The van der Waals surface area contributed by atoms with Gasteiger partial charge in [-0.25, -0.2) is 0 Å². The summed E-state index contributed by atoms with van der Waals surface area (Å²) in [6, 6.07) is 13.8. The minimum Gasteiger partial charge on any atom is -0.493 e. The maximum absolute atomic E-state index is 5.73. The first-order chi connectivity index (χ1) is 12.2. The molecule has 0 aliphatic rings. The van der Waals surface area contributed by atoms with E-state index in [1.165, 1.54) is 11.1 Å². The Morgan fingerprint density at radius 1 is 0.960 bits per heavy atom. The first kappa shape index (κ1) is 17.0. The van der Waals surface area contributed by atoms with E-state index in [1.54, 1.807) is 14.2 Å². The summed E-state index contributed by atoms with van der Waals surface area (Å²) in [6.07, 6.45) is 0. The summed E-state index contributed by atoms with van der Waals surface area (Å²) in [4.78, 5) is 0. The molecule has 3 rings (SSSR count). The normalized spacial score (nSPS) is 10.7. The molecule has 0 radical (unpaired) electrons. The Labute approximate surface area is 146 Å². The number of nitrogens with zero attached hydrogens (tertiary/aromatic N) is 2. The van der Waals surface area contributed by atoms with Crippen molar-refractivity contribution < 1.29 is 13.9 Å². The molecule has 0 fully saturated rings. The molecule has 3 aromatic rings. The molecule has 0 amide bonds. The Morgan fingerprint density at radius 2 is 1.76 bits per heavy atom. The number of rotatable bonds is 7. The second-order valence-electron chi connectivity index (χ2n) is 5.60. The maximum atomic E-state index is 5.73. The molecule has 0 saturated carbocycles. The number of aromatic nitrogens is 2. The van der Waals surface area contributed by atoms with Crippen LogP contribution in [0, 0.1) is 6.92 Å². The number of methoxy groups -OCH3 is 2. The predicted molar refractivity (Wildman–Crippen MR) is 94.6 cm³/mol. The first-order valence-corrected chi connectivity index (χ1v) is 8.01. The molecule has 130 valence electrons. The van der Waals surface area contributed by atoms with Crippen molar-refractivity contribution in [3.63, 3.8) is 0 Å². The fraction of sp³-hybridized carbons (Fsp3) is 0.263. The van der Waals surface area contributed by atoms with Gasteiger partial charge in [-0.1, -0.05) is 24.3 Å². The van der Waals surface area contributed by atoms with Crippen molar-refractivity contribution in [3.8, 4) is 23.0 Å². The van der Waals surface area contributed by atoms with E-state index in [0.29, 0.717) is 29.8 Å². The number of hydrogen-bond donors (Lipinski definition) is 1. The van der Waals surface area contributed by atoms with E-state index in [-0.39, 0.29) is 0 Å². The van der Waals surface area contributed by atoms with E-state index < -0.39 is 0 Å². The van der Waals surface area contributed by atoms with Gasteiger partial charge in [-0.3, -0.25) is 0 Å². The van der Waals surface area contributed by atoms with Crippen molar-refractivity contribution in [1.82, 2.24) is 15.5 Å². The van der Waals surface area contributed by atoms with Crippen LogP contribution in [0.5, 0.6) is 11.5 Å². The molecule has 1 aromatic heterocycles. The highest BCUT2D eigenvalue weighted by atomic mass is 16.5. The van der Waals surface area contributed by atoms with E-state index in [2.05, 4.69) is 34.6 Å². The van der Waals surface area contributed by atoms with Crippen LogP contribution in [-0.4, -0.2) is 24.4 Å². The van der Waals surface area contributed by atoms with Crippen LogP contribution in [0.15, 0.2) is 46.9 Å². The van der Waals surface area contributed by atoms with Gasteiger partial charge in [0, 0.05) is 12.1 Å². The summed E-state index contributed by atoms with van der Waals surface area (Å²) in [6.45, 7) is 3.36. The summed E-state index contributed by atoms with van der Waals surface area (Å²) in [5, 5.41) is 11.5. The van der Waals surface area contributed by atoms with Crippen LogP contribution in [0.4, 0.5) is 0 Å². The van der Waals surface area contributed by atoms with Gasteiger partial charge in [0.25, 0.3) is 0 Å². The average molecular weight is 339 g/mol. The Bertz CT molecular complexity index is 845. The van der Waals surface area contributed by atoms with Gasteiger partial charge in [-0.2, -0.15) is 0 Å². The van der Waals surface area contributed by atoms with Crippen LogP contribution in [0.3, 0.4) is 0 Å². The average Bonchev–Trinajstić information content (AvgIpc) is 3.11. The summed E-state index contributed by atoms with van der Waals surface area (Å²) >= 11 is 0. The van der Waals surface area contributed by atoms with Crippen LogP contribution in [0.1, 0.15) is 17.0 Å². The molecule has 6 nitrogen and oxygen atoms in total. The van der Waals surface area contributed by atoms with Crippen LogP contribution < -0.4 is 14.8 Å². The summed E-state index contributed by atoms with van der Waals surface area (Å²) < 4.78 is 16.3. The van der Waals surface area contributed by atoms with Crippen molar-refractivity contribution in [2.75, 3.05) is 14.2 Å². The summed E-state index contributed by atoms with van der Waals surface area (Å²) in [5.41, 5.74) is 3.30. The fourth-order valence-corrected chi connectivity index (χ4v) is 2.52. The number of nitrogens with one attached hydrogen (secondary N) is 1. The molecule has 2 aromatic carbocycles. The van der Waals surface area contributed by atoms with Crippen LogP contribution >= 0.6 is 0 Å². The molecule has 0 atom stereocenters. The van der Waals surface area contributed by atoms with Crippen molar-refractivity contribution in [2.24, 2.45) is 0 Å². The molecule has 0 saturated heterocycles.